The van der Waals surface area contributed by atoms with Crippen LogP contribution in [0.15, 0.2) is 5.16 Å². The highest BCUT2D eigenvalue weighted by Gasteiger charge is 2.23. The lowest BCUT2D eigenvalue weighted by atomic mass is 9.99. The Kier molecular flexibility index (Phi) is 15.9. The number of hydrogen-bond donors (Lipinski definition) is 3. The number of carbonyl (C=O) groups is 1. The van der Waals surface area contributed by atoms with E-state index < -0.39 is 0 Å². The van der Waals surface area contributed by atoms with Gasteiger partial charge in [-0.05, 0) is 44.9 Å². The summed E-state index contributed by atoms with van der Waals surface area (Å²) in [6, 6.07) is 0. The third kappa shape index (κ3) is 10.6. The van der Waals surface area contributed by atoms with Gasteiger partial charge in [0.2, 0.25) is 0 Å². The summed E-state index contributed by atoms with van der Waals surface area (Å²) in [6.07, 6.45) is 16.7. The van der Waals surface area contributed by atoms with Gasteiger partial charge in [-0.3, -0.25) is 4.79 Å². The van der Waals surface area contributed by atoms with E-state index in [2.05, 4.69) is 24.9 Å². The van der Waals surface area contributed by atoms with Crippen LogP contribution in [-0.2, 0) is 4.79 Å². The van der Waals surface area contributed by atoms with Crippen LogP contribution in [0.4, 0.5) is 0 Å². The van der Waals surface area contributed by atoms with E-state index in [0.29, 0.717) is 17.6 Å². The smallest absolute Gasteiger partial charge is 0.135 e. The summed E-state index contributed by atoms with van der Waals surface area (Å²) in [7, 11) is 0. The van der Waals surface area contributed by atoms with Crippen LogP contribution in [-0.4, -0.2) is 21.9 Å². The highest BCUT2D eigenvalue weighted by atomic mass is 16.4. The Morgan fingerprint density at radius 2 is 1.44 bits per heavy atom. The first-order valence-corrected chi connectivity index (χ1v) is 10.2. The molecule has 0 aromatic rings. The molecule has 0 amide bonds. The van der Waals surface area contributed by atoms with Gasteiger partial charge in [-0.1, -0.05) is 57.5 Å². The van der Waals surface area contributed by atoms with Gasteiger partial charge in [-0.2, -0.15) is 0 Å². The van der Waals surface area contributed by atoms with Crippen molar-refractivity contribution in [1.29, 1.82) is 0 Å². The van der Waals surface area contributed by atoms with Crippen LogP contribution in [0.5, 0.6) is 0 Å². The fourth-order valence-electron chi connectivity index (χ4n) is 3.82. The largest absolute Gasteiger partial charge is 0.411 e. The van der Waals surface area contributed by atoms with Crippen LogP contribution in [0.1, 0.15) is 104 Å². The summed E-state index contributed by atoms with van der Waals surface area (Å²) < 4.78 is 0. The van der Waals surface area contributed by atoms with Crippen molar-refractivity contribution < 1.29 is 15.2 Å². The summed E-state index contributed by atoms with van der Waals surface area (Å²) >= 11 is 0. The minimum Gasteiger partial charge on any atom is -0.411 e. The lowest BCUT2D eigenvalue weighted by Gasteiger charge is -2.08. The Morgan fingerprint density at radius 1 is 0.920 bits per heavy atom. The van der Waals surface area contributed by atoms with Gasteiger partial charge in [-0.15, -0.1) is 0 Å². The van der Waals surface area contributed by atoms with Crippen molar-refractivity contribution in [1.82, 2.24) is 0 Å². The van der Waals surface area contributed by atoms with E-state index in [9.17, 15) is 4.79 Å². The van der Waals surface area contributed by atoms with E-state index in [1.165, 1.54) is 64.2 Å². The van der Waals surface area contributed by atoms with Crippen molar-refractivity contribution in [3.8, 4) is 0 Å². The molecule has 4 N–H and O–H groups in total. The van der Waals surface area contributed by atoms with Gasteiger partial charge in [-0.25, -0.2) is 5.90 Å². The number of rotatable bonds is 8. The first-order chi connectivity index (χ1) is 12.2. The summed E-state index contributed by atoms with van der Waals surface area (Å²) in [5, 5.41) is 18.5. The molecule has 2 aliphatic rings. The van der Waals surface area contributed by atoms with Gasteiger partial charge in [0.05, 0.1) is 5.71 Å². The van der Waals surface area contributed by atoms with E-state index in [1.807, 2.05) is 0 Å². The van der Waals surface area contributed by atoms with Gasteiger partial charge in [0.15, 0.2) is 0 Å². The predicted molar refractivity (Wildman–Crippen MR) is 103 cm³/mol. The average molecular weight is 357 g/mol. The van der Waals surface area contributed by atoms with Crippen LogP contribution in [0.25, 0.3) is 0 Å². The van der Waals surface area contributed by atoms with Gasteiger partial charge < -0.3 is 10.4 Å². The second-order valence-corrected chi connectivity index (χ2v) is 7.23. The monoisotopic (exact) mass is 356 g/mol. The molecule has 5 heteroatoms. The second-order valence-electron chi connectivity index (χ2n) is 7.23. The molecule has 5 nitrogen and oxygen atoms in total. The molecular formula is C20H40N2O3. The zero-order chi connectivity index (χ0) is 18.9. The van der Waals surface area contributed by atoms with Crippen LogP contribution in [0.3, 0.4) is 0 Å². The van der Waals surface area contributed by atoms with E-state index in [4.69, 9.17) is 10.4 Å². The molecule has 0 aromatic carbocycles. The average Bonchev–Trinajstić information content (AvgIpc) is 3.27. The van der Waals surface area contributed by atoms with E-state index in [-0.39, 0.29) is 0 Å². The maximum atomic E-state index is 11.2. The number of oxime groups is 1. The Bertz CT molecular complexity index is 359. The lowest BCUT2D eigenvalue weighted by molar-refractivity contribution is -0.120. The maximum Gasteiger partial charge on any atom is 0.135 e. The zero-order valence-electron chi connectivity index (χ0n) is 16.4. The number of hydrogen-bond acceptors (Lipinski definition) is 5. The molecule has 0 heterocycles. The molecule has 2 atom stereocenters. The molecule has 148 valence electrons. The topological polar surface area (TPSA) is 95.9 Å². The summed E-state index contributed by atoms with van der Waals surface area (Å²) in [5.41, 5.74) is 1.05. The Balaban J connectivity index is 0.000000421. The highest BCUT2D eigenvalue weighted by molar-refractivity contribution is 5.87. The van der Waals surface area contributed by atoms with E-state index >= 15 is 0 Å². The van der Waals surface area contributed by atoms with Crippen LogP contribution >= 0.6 is 0 Å². The van der Waals surface area contributed by atoms with Gasteiger partial charge in [0.25, 0.3) is 0 Å². The molecule has 2 aliphatic carbocycles. The SMILES string of the molecule is CCCCCC1CCC/C1=N/O.CCCCCC1CCCC1=O.NO. The number of unbranched alkanes of at least 4 members (excludes halogenated alkanes) is 4. The molecule has 2 rings (SSSR count). The second kappa shape index (κ2) is 16.5. The number of carbonyl (C=O) groups excluding carboxylic acids is 1. The highest BCUT2D eigenvalue weighted by Crippen LogP contribution is 2.27. The van der Waals surface area contributed by atoms with Crippen molar-refractivity contribution >= 4 is 11.5 Å². The van der Waals surface area contributed by atoms with Crippen molar-refractivity contribution in [2.45, 2.75) is 104 Å². The van der Waals surface area contributed by atoms with Gasteiger partial charge in [0.1, 0.15) is 5.78 Å². The minimum atomic E-state index is 0.446. The molecule has 0 aromatic heterocycles. The van der Waals surface area contributed by atoms with Crippen molar-refractivity contribution in [2.75, 3.05) is 0 Å². The number of nitrogens with two attached hydrogens (primary N) is 1. The lowest BCUT2D eigenvalue weighted by Crippen LogP contribution is -2.06. The molecule has 0 spiro atoms. The first-order valence-electron chi connectivity index (χ1n) is 10.2. The molecule has 2 fully saturated rings. The van der Waals surface area contributed by atoms with Crippen LogP contribution < -0.4 is 5.90 Å². The van der Waals surface area contributed by atoms with Crippen LogP contribution in [0.2, 0.25) is 0 Å². The van der Waals surface area contributed by atoms with E-state index in [1.54, 1.807) is 0 Å². The number of nitrogens with zero attached hydrogens (tertiary/aromatic N) is 1. The number of Topliss-reactive ketones (excluding diaryl/α,β-unsaturated/α-hetero) is 1. The van der Waals surface area contributed by atoms with Crippen molar-refractivity contribution in [3.63, 3.8) is 0 Å². The third-order valence-electron chi connectivity index (χ3n) is 5.33. The molecule has 0 bridgehead atoms. The molecule has 0 saturated heterocycles. The fourth-order valence-corrected chi connectivity index (χ4v) is 3.82. The zero-order valence-corrected chi connectivity index (χ0v) is 16.4. The molecule has 25 heavy (non-hydrogen) atoms. The Labute approximate surface area is 154 Å². The van der Waals surface area contributed by atoms with Gasteiger partial charge >= 0.3 is 0 Å². The molecule has 0 radical (unpaired) electrons. The maximum absolute atomic E-state index is 11.2. The van der Waals surface area contributed by atoms with Gasteiger partial charge in [0, 0.05) is 18.3 Å². The molecule has 0 aliphatic heterocycles. The summed E-state index contributed by atoms with van der Waals surface area (Å²) in [4.78, 5) is 11.2. The fraction of sp³-hybridized carbons (Fsp3) is 0.900. The molecule has 2 saturated carbocycles. The van der Waals surface area contributed by atoms with Crippen molar-refractivity contribution in [2.24, 2.45) is 22.9 Å². The van der Waals surface area contributed by atoms with E-state index in [0.717, 1.165) is 31.4 Å². The first kappa shape index (κ1) is 24.1. The molecular weight excluding hydrogens is 316 g/mol. The van der Waals surface area contributed by atoms with Crippen LogP contribution in [0, 0.1) is 11.8 Å². The van der Waals surface area contributed by atoms with Crippen molar-refractivity contribution in [3.05, 3.63) is 0 Å². The summed E-state index contributed by atoms with van der Waals surface area (Å²) in [6.45, 7) is 4.42. The predicted octanol–water partition coefficient (Wildman–Crippen LogP) is 5.47. The minimum absolute atomic E-state index is 0.446. The quantitative estimate of drug-likeness (QED) is 0.305. The third-order valence-corrected chi connectivity index (χ3v) is 5.33. The Hall–Kier alpha value is -0.940. The normalized spacial score (nSPS) is 23.8. The molecule has 2 unspecified atom stereocenters. The number of ketones is 1. The summed E-state index contributed by atoms with van der Waals surface area (Å²) in [5.74, 6) is 5.07. The Morgan fingerprint density at radius 3 is 1.92 bits per heavy atom. The standard InChI is InChI=1S/C10H19NO.C10H18O.H3NO/c1-2-3-4-6-9-7-5-8-10(9)11-12;1-2-3-4-6-9-7-5-8-10(9)11;1-2/h9,12H,2-8H2,1H3;9H,2-8H2,1H3;2H,1H2/b11-10-;;.